The van der Waals surface area contributed by atoms with Gasteiger partial charge in [0.1, 0.15) is 18.1 Å². The van der Waals surface area contributed by atoms with Crippen molar-refractivity contribution in [1.82, 2.24) is 5.32 Å². The van der Waals surface area contributed by atoms with Crippen molar-refractivity contribution < 1.29 is 44.7 Å². The molecule has 0 aliphatic carbocycles. The van der Waals surface area contributed by atoms with E-state index in [0.717, 1.165) is 25.7 Å². The number of carboxylic acids is 3. The summed E-state index contributed by atoms with van der Waals surface area (Å²) >= 11 is 0. The van der Waals surface area contributed by atoms with Crippen molar-refractivity contribution in [2.45, 2.75) is 160 Å². The molecule has 0 saturated heterocycles. The number of carbonyl (C=O) groups excluding carboxylic acids is 1. The Morgan fingerprint density at radius 3 is 1.26 bits per heavy atom. The van der Waals surface area contributed by atoms with Gasteiger partial charge < -0.3 is 48.1 Å². The monoisotopic (exact) mass is 622 g/mol. The third-order valence-electron chi connectivity index (χ3n) is 6.70. The second-order valence-corrected chi connectivity index (χ2v) is 10.9. The number of carbonyl (C=O) groups is 4. The Kier molecular flexibility index (Phi) is 32.6. The minimum absolute atomic E-state index is 0.141. The minimum atomic E-state index is -1.18. The van der Waals surface area contributed by atoms with E-state index in [1.807, 2.05) is 0 Å². The molecule has 0 aromatic carbocycles. The Morgan fingerprint density at radius 1 is 0.605 bits per heavy atom. The summed E-state index contributed by atoms with van der Waals surface area (Å²) in [5.74, 6) is -3.45. The Hall–Kier alpha value is -2.32. The van der Waals surface area contributed by atoms with Gasteiger partial charge in [-0.05, 0) is 46.1 Å². The molecule has 13 nitrogen and oxygen atoms in total. The van der Waals surface area contributed by atoms with Crippen LogP contribution in [0.15, 0.2) is 0 Å². The van der Waals surface area contributed by atoms with Gasteiger partial charge >= 0.3 is 17.9 Å². The van der Waals surface area contributed by atoms with E-state index < -0.39 is 48.2 Å². The Balaban J connectivity index is -0.000000810. The quantitative estimate of drug-likeness (QED) is 0.0704. The zero-order valence-corrected chi connectivity index (χ0v) is 26.7. The third kappa shape index (κ3) is 32.4. The van der Waals surface area contributed by atoms with Crippen molar-refractivity contribution in [2.24, 2.45) is 17.2 Å². The van der Waals surface area contributed by atoms with Crippen LogP contribution in [-0.4, -0.2) is 86.2 Å². The van der Waals surface area contributed by atoms with E-state index in [4.69, 9.17) is 42.7 Å². The molecule has 0 aliphatic rings. The van der Waals surface area contributed by atoms with E-state index in [1.165, 1.54) is 84.5 Å². The lowest BCUT2D eigenvalue weighted by atomic mass is 10.0. The van der Waals surface area contributed by atoms with E-state index in [-0.39, 0.29) is 5.91 Å². The molecule has 43 heavy (non-hydrogen) atoms. The standard InChI is InChI=1S/C22H44N2O3.2C4H9NO3/c1-2-3-4-5-6-7-8-9-10-11-12-13-14-18-21(25)24-20(22(26)27)17-15-16-19-23;2*1-2(6)3(5)4(7)8/h20H,2-19,23H2,1H3,(H,24,25)(H,26,27);2*2-3,6H,5H2,1H3,(H,7,8). The SMILES string of the molecule is CC(O)C(N)C(=O)O.CC(O)C(N)C(=O)O.CCCCCCCCCCCCCCCC(=O)NC(CCCCN)C(=O)O. The molecule has 13 heteroatoms. The van der Waals surface area contributed by atoms with Crippen molar-refractivity contribution in [1.29, 1.82) is 0 Å². The number of nitrogens with one attached hydrogen (secondary N) is 1. The largest absolute Gasteiger partial charge is 0.480 e. The predicted octanol–water partition coefficient (Wildman–Crippen LogP) is 2.72. The fraction of sp³-hybridized carbons (Fsp3) is 0.867. The van der Waals surface area contributed by atoms with Crippen LogP contribution in [0.5, 0.6) is 0 Å². The first-order valence-corrected chi connectivity index (χ1v) is 15.8. The van der Waals surface area contributed by atoms with Gasteiger partial charge in [-0.25, -0.2) is 4.79 Å². The fourth-order valence-electron chi connectivity index (χ4n) is 3.73. The maximum absolute atomic E-state index is 11.9. The van der Waals surface area contributed by atoms with Gasteiger partial charge in [0.2, 0.25) is 5.91 Å². The number of amides is 1. The van der Waals surface area contributed by atoms with E-state index in [9.17, 15) is 19.2 Å². The molecule has 0 heterocycles. The highest BCUT2D eigenvalue weighted by molar-refractivity contribution is 5.83. The van der Waals surface area contributed by atoms with Crippen LogP contribution in [0.2, 0.25) is 0 Å². The van der Waals surface area contributed by atoms with Gasteiger partial charge in [-0.15, -0.1) is 0 Å². The molecule has 256 valence electrons. The van der Waals surface area contributed by atoms with Crippen LogP contribution in [0.25, 0.3) is 0 Å². The summed E-state index contributed by atoms with van der Waals surface area (Å²) in [6, 6.07) is -3.09. The first-order valence-electron chi connectivity index (χ1n) is 15.8. The lowest BCUT2D eigenvalue weighted by Crippen LogP contribution is -2.40. The van der Waals surface area contributed by atoms with Crippen LogP contribution in [-0.2, 0) is 19.2 Å². The molecular weight excluding hydrogens is 560 g/mol. The maximum Gasteiger partial charge on any atom is 0.326 e. The molecule has 12 N–H and O–H groups in total. The van der Waals surface area contributed by atoms with Gasteiger partial charge in [0.05, 0.1) is 12.2 Å². The van der Waals surface area contributed by atoms with Gasteiger partial charge in [0.25, 0.3) is 0 Å². The first kappa shape index (κ1) is 45.1. The normalized spacial score (nSPS) is 14.0. The Morgan fingerprint density at radius 2 is 0.977 bits per heavy atom. The van der Waals surface area contributed by atoms with Crippen LogP contribution in [0, 0.1) is 0 Å². The molecule has 0 rings (SSSR count). The van der Waals surface area contributed by atoms with Gasteiger partial charge in [0.15, 0.2) is 0 Å². The number of rotatable bonds is 24. The number of unbranched alkanes of at least 4 members (excludes halogenated alkanes) is 13. The van der Waals surface area contributed by atoms with E-state index in [0.29, 0.717) is 19.4 Å². The van der Waals surface area contributed by atoms with Crippen molar-refractivity contribution in [2.75, 3.05) is 6.54 Å². The van der Waals surface area contributed by atoms with Crippen molar-refractivity contribution >= 4 is 23.8 Å². The maximum atomic E-state index is 11.9. The van der Waals surface area contributed by atoms with Crippen LogP contribution < -0.4 is 22.5 Å². The number of carboxylic acid groups (broad SMARTS) is 3. The summed E-state index contributed by atoms with van der Waals surface area (Å²) in [6.07, 6.45) is 17.0. The average molecular weight is 623 g/mol. The average Bonchev–Trinajstić information content (AvgIpc) is 2.94. The molecule has 1 amide bonds. The van der Waals surface area contributed by atoms with E-state index >= 15 is 0 Å². The van der Waals surface area contributed by atoms with Crippen LogP contribution in [0.4, 0.5) is 0 Å². The number of aliphatic hydroxyl groups excluding tert-OH is 2. The number of hydrogen-bond acceptors (Lipinski definition) is 9. The molecular formula is C30H62N4O9. The molecule has 0 fully saturated rings. The Labute approximate surface area is 258 Å². The number of nitrogens with two attached hydrogens (primary N) is 3. The smallest absolute Gasteiger partial charge is 0.326 e. The molecule has 0 aromatic heterocycles. The highest BCUT2D eigenvalue weighted by Gasteiger charge is 2.19. The number of aliphatic carboxylic acids is 3. The van der Waals surface area contributed by atoms with Crippen LogP contribution in [0.1, 0.15) is 130 Å². The predicted molar refractivity (Wildman–Crippen MR) is 167 cm³/mol. The molecule has 5 unspecified atom stereocenters. The second-order valence-electron chi connectivity index (χ2n) is 10.9. The first-order chi connectivity index (χ1) is 20.2. The highest BCUT2D eigenvalue weighted by Crippen LogP contribution is 2.13. The molecule has 5 atom stereocenters. The summed E-state index contributed by atoms with van der Waals surface area (Å²) in [5.41, 5.74) is 15.2. The molecule has 0 spiro atoms. The third-order valence-corrected chi connectivity index (χ3v) is 6.70. The fourth-order valence-corrected chi connectivity index (χ4v) is 3.73. The summed E-state index contributed by atoms with van der Waals surface area (Å²) in [7, 11) is 0. The molecule has 0 aromatic rings. The minimum Gasteiger partial charge on any atom is -0.480 e. The summed E-state index contributed by atoms with van der Waals surface area (Å²) in [5, 5.41) is 44.9. The van der Waals surface area contributed by atoms with Crippen molar-refractivity contribution in [3.05, 3.63) is 0 Å². The van der Waals surface area contributed by atoms with Gasteiger partial charge in [0, 0.05) is 6.42 Å². The molecule has 0 aliphatic heterocycles. The lowest BCUT2D eigenvalue weighted by Gasteiger charge is -2.14. The van der Waals surface area contributed by atoms with E-state index in [1.54, 1.807) is 0 Å². The molecule has 0 radical (unpaired) electrons. The molecule has 0 saturated carbocycles. The number of hydrogen-bond donors (Lipinski definition) is 9. The van der Waals surface area contributed by atoms with Gasteiger partial charge in [-0.1, -0.05) is 84.0 Å². The lowest BCUT2D eigenvalue weighted by molar-refractivity contribution is -0.142. The number of aliphatic hydroxyl groups is 2. The summed E-state index contributed by atoms with van der Waals surface area (Å²) < 4.78 is 0. The van der Waals surface area contributed by atoms with Crippen LogP contribution >= 0.6 is 0 Å². The van der Waals surface area contributed by atoms with Gasteiger partial charge in [-0.3, -0.25) is 14.4 Å². The zero-order valence-electron chi connectivity index (χ0n) is 26.7. The second kappa shape index (κ2) is 31.1. The van der Waals surface area contributed by atoms with E-state index in [2.05, 4.69) is 12.2 Å². The van der Waals surface area contributed by atoms with Crippen molar-refractivity contribution in [3.63, 3.8) is 0 Å². The van der Waals surface area contributed by atoms with Crippen molar-refractivity contribution in [3.8, 4) is 0 Å². The summed E-state index contributed by atoms with van der Waals surface area (Å²) in [4.78, 5) is 42.8. The highest BCUT2D eigenvalue weighted by atomic mass is 16.4. The Bertz CT molecular complexity index is 685. The van der Waals surface area contributed by atoms with Gasteiger partial charge in [-0.2, -0.15) is 0 Å². The topological polar surface area (TPSA) is 260 Å². The zero-order chi connectivity index (χ0) is 33.6. The van der Waals surface area contributed by atoms with Crippen LogP contribution in [0.3, 0.4) is 0 Å². The summed E-state index contributed by atoms with van der Waals surface area (Å²) in [6.45, 7) is 5.47. The molecule has 0 bridgehead atoms.